The normalized spacial score (nSPS) is 20.2. The van der Waals surface area contributed by atoms with Crippen LogP contribution in [0.15, 0.2) is 30.3 Å². The Balaban J connectivity index is 2.09. The summed E-state index contributed by atoms with van der Waals surface area (Å²) >= 11 is 1.39. The largest absolute Gasteiger partial charge is 0.480 e. The molecular weight excluding hydrogens is 344 g/mol. The van der Waals surface area contributed by atoms with Crippen molar-refractivity contribution < 1.29 is 24.2 Å². The molecule has 2 atom stereocenters. The standard InChI is InChI=1S/C17H22N2O5S/c1-17(2,3)24-16(23)18-9-13(20)19-12(15(21)22)10-25-14(19)11-7-5-4-6-8-11/h4-8,12,14H,9-10H2,1-3H3,(H,18,23)(H,21,22)/t12-,14+/m0/s1. The molecule has 8 heteroatoms. The van der Waals surface area contributed by atoms with Gasteiger partial charge in [0.15, 0.2) is 0 Å². The van der Waals surface area contributed by atoms with Crippen LogP contribution in [0, 0.1) is 0 Å². The van der Waals surface area contributed by atoms with E-state index in [4.69, 9.17) is 4.74 Å². The Bertz CT molecular complexity index is 644. The number of aliphatic carboxylic acids is 1. The van der Waals surface area contributed by atoms with E-state index in [1.165, 1.54) is 16.7 Å². The Morgan fingerprint density at radius 1 is 1.28 bits per heavy atom. The van der Waals surface area contributed by atoms with Crippen LogP contribution in [0.25, 0.3) is 0 Å². The Morgan fingerprint density at radius 3 is 2.48 bits per heavy atom. The average Bonchev–Trinajstić information content (AvgIpc) is 2.97. The highest BCUT2D eigenvalue weighted by molar-refractivity contribution is 7.99. The van der Waals surface area contributed by atoms with E-state index in [2.05, 4.69) is 5.32 Å². The molecule has 1 aliphatic rings. The van der Waals surface area contributed by atoms with Gasteiger partial charge < -0.3 is 20.1 Å². The molecule has 0 saturated carbocycles. The smallest absolute Gasteiger partial charge is 0.408 e. The number of hydrogen-bond donors (Lipinski definition) is 2. The van der Waals surface area contributed by atoms with E-state index >= 15 is 0 Å². The third-order valence-electron chi connectivity index (χ3n) is 3.44. The summed E-state index contributed by atoms with van der Waals surface area (Å²) in [6.45, 7) is 4.84. The molecule has 0 unspecified atom stereocenters. The number of alkyl carbamates (subject to hydrolysis) is 1. The Kier molecular flexibility index (Phi) is 5.94. The third kappa shape index (κ3) is 5.12. The summed E-state index contributed by atoms with van der Waals surface area (Å²) in [5.74, 6) is -1.22. The minimum atomic E-state index is -1.06. The van der Waals surface area contributed by atoms with E-state index in [9.17, 15) is 19.5 Å². The van der Waals surface area contributed by atoms with Crippen molar-refractivity contribution in [2.75, 3.05) is 12.3 Å². The van der Waals surface area contributed by atoms with Gasteiger partial charge in [-0.05, 0) is 26.3 Å². The molecule has 0 bridgehead atoms. The maximum atomic E-state index is 12.6. The first-order chi connectivity index (χ1) is 11.7. The molecule has 0 aliphatic carbocycles. The first-order valence-electron chi connectivity index (χ1n) is 7.86. The van der Waals surface area contributed by atoms with Gasteiger partial charge >= 0.3 is 12.1 Å². The number of ether oxygens (including phenoxy) is 1. The molecule has 0 radical (unpaired) electrons. The van der Waals surface area contributed by atoms with Gasteiger partial charge in [-0.3, -0.25) is 4.79 Å². The van der Waals surface area contributed by atoms with Gasteiger partial charge in [0.1, 0.15) is 23.6 Å². The predicted octanol–water partition coefficient (Wildman–Crippen LogP) is 2.24. The van der Waals surface area contributed by atoms with Gasteiger partial charge in [-0.1, -0.05) is 30.3 Å². The lowest BCUT2D eigenvalue weighted by Crippen LogP contribution is -2.47. The minimum Gasteiger partial charge on any atom is -0.480 e. The molecule has 2 rings (SSSR count). The molecule has 1 aromatic carbocycles. The third-order valence-corrected chi connectivity index (χ3v) is 4.76. The Hall–Kier alpha value is -2.22. The number of carbonyl (C=O) groups excluding carboxylic acids is 2. The topological polar surface area (TPSA) is 95.9 Å². The van der Waals surface area contributed by atoms with Gasteiger partial charge in [0.05, 0.1) is 0 Å². The zero-order chi connectivity index (χ0) is 18.6. The van der Waals surface area contributed by atoms with Crippen LogP contribution in [0.1, 0.15) is 31.7 Å². The number of hydrogen-bond acceptors (Lipinski definition) is 5. The van der Waals surface area contributed by atoms with Gasteiger partial charge in [-0.2, -0.15) is 0 Å². The summed E-state index contributed by atoms with van der Waals surface area (Å²) in [5, 5.41) is 11.4. The van der Waals surface area contributed by atoms with Crippen molar-refractivity contribution in [3.05, 3.63) is 35.9 Å². The number of carbonyl (C=O) groups is 3. The van der Waals surface area contributed by atoms with E-state index in [0.29, 0.717) is 5.75 Å². The van der Waals surface area contributed by atoms with Crippen LogP contribution in [-0.2, 0) is 14.3 Å². The summed E-state index contributed by atoms with van der Waals surface area (Å²) in [7, 11) is 0. The molecular formula is C17H22N2O5S. The van der Waals surface area contributed by atoms with E-state index in [-0.39, 0.29) is 6.54 Å². The highest BCUT2D eigenvalue weighted by Gasteiger charge is 2.42. The summed E-state index contributed by atoms with van der Waals surface area (Å²) in [5.41, 5.74) is 0.175. The molecule has 1 fully saturated rings. The van der Waals surface area contributed by atoms with Crippen molar-refractivity contribution in [2.24, 2.45) is 0 Å². The molecule has 0 aromatic heterocycles. The minimum absolute atomic E-state index is 0.299. The van der Waals surface area contributed by atoms with Crippen LogP contribution in [-0.4, -0.2) is 51.9 Å². The van der Waals surface area contributed by atoms with Gasteiger partial charge in [-0.15, -0.1) is 11.8 Å². The summed E-state index contributed by atoms with van der Waals surface area (Å²) in [6, 6.07) is 8.31. The summed E-state index contributed by atoms with van der Waals surface area (Å²) in [4.78, 5) is 37.1. The first-order valence-corrected chi connectivity index (χ1v) is 8.91. The SMILES string of the molecule is CC(C)(C)OC(=O)NCC(=O)N1[C@@H](c2ccccc2)SC[C@H]1C(=O)O. The van der Waals surface area contributed by atoms with E-state index in [0.717, 1.165) is 5.56 Å². The fraction of sp³-hybridized carbons (Fsp3) is 0.471. The highest BCUT2D eigenvalue weighted by Crippen LogP contribution is 2.41. The number of nitrogens with one attached hydrogen (secondary N) is 1. The molecule has 2 amide bonds. The summed E-state index contributed by atoms with van der Waals surface area (Å²) < 4.78 is 5.09. The van der Waals surface area contributed by atoms with Crippen LogP contribution in [0.5, 0.6) is 0 Å². The average molecular weight is 366 g/mol. The lowest BCUT2D eigenvalue weighted by molar-refractivity contribution is -0.148. The summed E-state index contributed by atoms with van der Waals surface area (Å²) in [6.07, 6.45) is -0.712. The van der Waals surface area contributed by atoms with Crippen LogP contribution in [0.2, 0.25) is 0 Å². The number of amides is 2. The van der Waals surface area contributed by atoms with Crippen LogP contribution in [0.3, 0.4) is 0 Å². The second kappa shape index (κ2) is 7.77. The fourth-order valence-corrected chi connectivity index (χ4v) is 3.87. The Labute approximate surface area is 150 Å². The molecule has 0 spiro atoms. The van der Waals surface area contributed by atoms with Crippen LogP contribution in [0.4, 0.5) is 4.79 Å². The quantitative estimate of drug-likeness (QED) is 0.848. The van der Waals surface area contributed by atoms with Gasteiger partial charge in [0.25, 0.3) is 0 Å². The van der Waals surface area contributed by atoms with E-state index in [1.54, 1.807) is 20.8 Å². The number of rotatable bonds is 4. The molecule has 1 aromatic rings. The van der Waals surface area contributed by atoms with Crippen molar-refractivity contribution in [3.8, 4) is 0 Å². The predicted molar refractivity (Wildman–Crippen MR) is 94.1 cm³/mol. The molecule has 2 N–H and O–H groups in total. The zero-order valence-electron chi connectivity index (χ0n) is 14.4. The number of thioether (sulfide) groups is 1. The lowest BCUT2D eigenvalue weighted by atomic mass is 10.1. The van der Waals surface area contributed by atoms with Gasteiger partial charge in [-0.25, -0.2) is 9.59 Å². The van der Waals surface area contributed by atoms with Gasteiger partial charge in [0, 0.05) is 5.75 Å². The first kappa shape index (κ1) is 19.1. The number of carboxylic acids is 1. The molecule has 1 aliphatic heterocycles. The number of benzene rings is 1. The van der Waals surface area contributed by atoms with Crippen molar-refractivity contribution >= 4 is 29.7 Å². The van der Waals surface area contributed by atoms with E-state index in [1.807, 2.05) is 30.3 Å². The number of nitrogens with zero attached hydrogens (tertiary/aromatic N) is 1. The highest BCUT2D eigenvalue weighted by atomic mass is 32.2. The molecule has 1 saturated heterocycles. The van der Waals surface area contributed by atoms with Crippen molar-refractivity contribution in [1.29, 1.82) is 0 Å². The zero-order valence-corrected chi connectivity index (χ0v) is 15.2. The van der Waals surface area contributed by atoms with Crippen molar-refractivity contribution in [3.63, 3.8) is 0 Å². The second-order valence-corrected chi connectivity index (χ2v) is 7.72. The van der Waals surface area contributed by atoms with Gasteiger partial charge in [0.2, 0.25) is 5.91 Å². The lowest BCUT2D eigenvalue weighted by Gasteiger charge is -2.28. The second-order valence-electron chi connectivity index (χ2n) is 6.61. The Morgan fingerprint density at radius 2 is 1.92 bits per heavy atom. The van der Waals surface area contributed by atoms with Crippen LogP contribution < -0.4 is 5.32 Å². The molecule has 1 heterocycles. The number of carboxylic acid groups (broad SMARTS) is 1. The maximum absolute atomic E-state index is 12.6. The molecule has 136 valence electrons. The van der Waals surface area contributed by atoms with Crippen LogP contribution >= 0.6 is 11.8 Å². The molecule has 7 nitrogen and oxygen atoms in total. The monoisotopic (exact) mass is 366 g/mol. The van der Waals surface area contributed by atoms with E-state index < -0.39 is 35.0 Å². The fourth-order valence-electron chi connectivity index (χ4n) is 2.43. The van der Waals surface area contributed by atoms with Crippen molar-refractivity contribution in [2.45, 2.75) is 37.8 Å². The molecule has 25 heavy (non-hydrogen) atoms. The maximum Gasteiger partial charge on any atom is 0.408 e. The van der Waals surface area contributed by atoms with Crippen molar-refractivity contribution in [1.82, 2.24) is 10.2 Å².